The molecule has 0 aromatic carbocycles. The van der Waals surface area contributed by atoms with Crippen LogP contribution in [0.25, 0.3) is 0 Å². The third kappa shape index (κ3) is 4.69. The molecule has 0 unspecified atom stereocenters. The van der Waals surface area contributed by atoms with Crippen LogP contribution in [0.1, 0.15) is 92.4 Å². The molecule has 8 N–H and O–H groups in total. The van der Waals surface area contributed by atoms with Gasteiger partial charge in [-0.2, -0.15) is 0 Å². The number of aliphatic hydroxyl groups excluding tert-OH is 6. The molecule has 1 saturated heterocycles. The maximum absolute atomic E-state index is 13.4. The molecule has 15 atom stereocenters. The third-order valence-corrected chi connectivity index (χ3v) is 15.2. The molecule has 6 aliphatic rings. The average Bonchev–Trinajstić information content (AvgIpc) is 3.01. The lowest BCUT2D eigenvalue weighted by Crippen LogP contribution is -2.71. The van der Waals surface area contributed by atoms with E-state index in [0.29, 0.717) is 38.5 Å². The number of carboxylic acids is 2. The Labute approximate surface area is 282 Å². The summed E-state index contributed by atoms with van der Waals surface area (Å²) >= 11 is 0. The van der Waals surface area contributed by atoms with E-state index in [2.05, 4.69) is 26.8 Å². The summed E-state index contributed by atoms with van der Waals surface area (Å²) in [5.41, 5.74) is -3.46. The van der Waals surface area contributed by atoms with Crippen molar-refractivity contribution < 1.29 is 59.9 Å². The molecular formula is C36H56O12. The zero-order chi connectivity index (χ0) is 35.4. The van der Waals surface area contributed by atoms with E-state index in [1.54, 1.807) is 6.92 Å². The number of ether oxygens (including phenoxy) is 2. The monoisotopic (exact) mass is 680 g/mol. The van der Waals surface area contributed by atoms with Crippen LogP contribution in [-0.2, 0) is 19.1 Å². The molecule has 48 heavy (non-hydrogen) atoms. The van der Waals surface area contributed by atoms with Gasteiger partial charge in [0, 0.05) is 5.41 Å². The molecule has 0 bridgehead atoms. The van der Waals surface area contributed by atoms with Crippen molar-refractivity contribution in [3.05, 3.63) is 11.6 Å². The molecule has 0 aromatic rings. The van der Waals surface area contributed by atoms with Gasteiger partial charge >= 0.3 is 11.9 Å². The van der Waals surface area contributed by atoms with E-state index in [-0.39, 0.29) is 30.3 Å². The molecule has 5 fully saturated rings. The van der Waals surface area contributed by atoms with Crippen molar-refractivity contribution >= 4 is 11.9 Å². The molecule has 0 amide bonds. The first-order valence-corrected chi connectivity index (χ1v) is 17.7. The molecule has 4 saturated carbocycles. The predicted octanol–water partition coefficient (Wildman–Crippen LogP) is 2.07. The van der Waals surface area contributed by atoms with Gasteiger partial charge in [-0.25, -0.2) is 0 Å². The van der Waals surface area contributed by atoms with Crippen molar-refractivity contribution in [2.75, 3.05) is 13.2 Å². The van der Waals surface area contributed by atoms with Gasteiger partial charge in [-0.3, -0.25) is 9.59 Å². The highest BCUT2D eigenvalue weighted by Crippen LogP contribution is 2.76. The Bertz CT molecular complexity index is 1330. The molecule has 5 aliphatic carbocycles. The van der Waals surface area contributed by atoms with Crippen LogP contribution in [0.2, 0.25) is 0 Å². The number of fused-ring (bicyclic) bond motifs is 7. The van der Waals surface area contributed by atoms with Crippen LogP contribution in [0, 0.1) is 50.2 Å². The molecule has 272 valence electrons. The van der Waals surface area contributed by atoms with Crippen LogP contribution in [0.5, 0.6) is 0 Å². The largest absolute Gasteiger partial charge is 0.481 e. The first-order chi connectivity index (χ1) is 22.3. The number of hydrogen-bond donors (Lipinski definition) is 8. The van der Waals surface area contributed by atoms with Gasteiger partial charge in [0.2, 0.25) is 0 Å². The lowest BCUT2D eigenvalue weighted by molar-refractivity contribution is -0.340. The summed E-state index contributed by atoms with van der Waals surface area (Å²) < 4.78 is 11.7. The van der Waals surface area contributed by atoms with Gasteiger partial charge in [0.1, 0.15) is 30.5 Å². The standard InChI is InChI=1S/C36H56O12/c1-31(2)10-11-35(30(45)46)12-13-36(17-38)18(19(35)14-31)6-7-22-32(3)15-20(39)27(34(5,29(43)44)23(32)8-9-33(22,36)4)48-28-26(42)25(41)24(40)21(16-37)47-28/h6,19-28,37-42H,7-17H2,1-5H3,(H,43,44)(H,45,46)/t19-,20-,21-,22+,23+,24-,25+,26-,27-,28+,32+,33+,34-,35-,36-/m0/s1. The van der Waals surface area contributed by atoms with E-state index in [9.17, 15) is 50.4 Å². The molecule has 12 heteroatoms. The Morgan fingerprint density at radius 3 is 2.12 bits per heavy atom. The number of aliphatic carboxylic acids is 2. The van der Waals surface area contributed by atoms with E-state index in [4.69, 9.17) is 9.47 Å². The van der Waals surface area contributed by atoms with Crippen molar-refractivity contribution in [3.8, 4) is 0 Å². The maximum Gasteiger partial charge on any atom is 0.312 e. The van der Waals surface area contributed by atoms with E-state index < -0.39 is 94.5 Å². The first-order valence-electron chi connectivity index (χ1n) is 17.7. The quantitative estimate of drug-likeness (QED) is 0.150. The molecule has 6 rings (SSSR count). The van der Waals surface area contributed by atoms with Crippen LogP contribution in [-0.4, -0.2) is 109 Å². The Hall–Kier alpha value is -1.64. The van der Waals surface area contributed by atoms with E-state index >= 15 is 0 Å². The molecule has 1 heterocycles. The van der Waals surface area contributed by atoms with Crippen molar-refractivity contribution in [1.82, 2.24) is 0 Å². The summed E-state index contributed by atoms with van der Waals surface area (Å²) in [7, 11) is 0. The minimum absolute atomic E-state index is 0.0445. The lowest BCUT2D eigenvalue weighted by atomic mass is 9.33. The van der Waals surface area contributed by atoms with Gasteiger partial charge < -0.3 is 50.3 Å². The minimum atomic E-state index is -1.75. The summed E-state index contributed by atoms with van der Waals surface area (Å²) in [6, 6.07) is 0. The van der Waals surface area contributed by atoms with E-state index in [1.165, 1.54) is 0 Å². The number of hydrogen-bond acceptors (Lipinski definition) is 10. The molecule has 0 radical (unpaired) electrons. The number of allylic oxidation sites excluding steroid dienone is 1. The highest BCUT2D eigenvalue weighted by atomic mass is 16.7. The Kier molecular flexibility index (Phi) is 8.81. The average molecular weight is 681 g/mol. The number of carbonyl (C=O) groups is 2. The second kappa shape index (κ2) is 11.7. The van der Waals surface area contributed by atoms with Crippen LogP contribution in [0.15, 0.2) is 11.6 Å². The van der Waals surface area contributed by atoms with Crippen LogP contribution >= 0.6 is 0 Å². The van der Waals surface area contributed by atoms with Crippen LogP contribution in [0.4, 0.5) is 0 Å². The van der Waals surface area contributed by atoms with Gasteiger partial charge in [-0.15, -0.1) is 0 Å². The fourth-order valence-corrected chi connectivity index (χ4v) is 12.4. The fourth-order valence-electron chi connectivity index (χ4n) is 12.4. The topological polar surface area (TPSA) is 214 Å². The third-order valence-electron chi connectivity index (χ3n) is 15.2. The second-order valence-electron chi connectivity index (χ2n) is 17.7. The van der Waals surface area contributed by atoms with E-state index in [1.807, 2.05) is 6.92 Å². The van der Waals surface area contributed by atoms with Crippen LogP contribution in [0.3, 0.4) is 0 Å². The summed E-state index contributed by atoms with van der Waals surface area (Å²) in [5, 5.41) is 85.8. The predicted molar refractivity (Wildman–Crippen MR) is 170 cm³/mol. The van der Waals surface area contributed by atoms with E-state index in [0.717, 1.165) is 18.4 Å². The Morgan fingerprint density at radius 2 is 1.52 bits per heavy atom. The lowest BCUT2D eigenvalue weighted by Gasteiger charge is -2.71. The summed E-state index contributed by atoms with van der Waals surface area (Å²) in [5.74, 6) is -2.81. The molecule has 0 aromatic heterocycles. The summed E-state index contributed by atoms with van der Waals surface area (Å²) in [6.07, 6.45) is -3.56. The number of rotatable bonds is 6. The molecule has 0 spiro atoms. The van der Waals surface area contributed by atoms with Gasteiger partial charge in [0.05, 0.1) is 30.1 Å². The van der Waals surface area contributed by atoms with Crippen molar-refractivity contribution in [3.63, 3.8) is 0 Å². The number of carboxylic acid groups (broad SMARTS) is 2. The molecule has 12 nitrogen and oxygen atoms in total. The fraction of sp³-hybridized carbons (Fsp3) is 0.889. The highest BCUT2D eigenvalue weighted by molar-refractivity contribution is 5.77. The van der Waals surface area contributed by atoms with Crippen LogP contribution < -0.4 is 0 Å². The van der Waals surface area contributed by atoms with Gasteiger partial charge in [-0.05, 0) is 98.7 Å². The molecular weight excluding hydrogens is 624 g/mol. The number of aliphatic hydroxyl groups is 6. The summed E-state index contributed by atoms with van der Waals surface area (Å²) in [4.78, 5) is 26.3. The van der Waals surface area contributed by atoms with Gasteiger partial charge in [0.15, 0.2) is 6.29 Å². The van der Waals surface area contributed by atoms with Gasteiger partial charge in [0.25, 0.3) is 0 Å². The Morgan fingerprint density at radius 1 is 0.854 bits per heavy atom. The molecule has 1 aliphatic heterocycles. The smallest absolute Gasteiger partial charge is 0.312 e. The zero-order valence-corrected chi connectivity index (χ0v) is 28.8. The van der Waals surface area contributed by atoms with Crippen molar-refractivity contribution in [1.29, 1.82) is 0 Å². The Balaban J connectivity index is 1.38. The maximum atomic E-state index is 13.4. The second-order valence-corrected chi connectivity index (χ2v) is 17.7. The minimum Gasteiger partial charge on any atom is -0.481 e. The van der Waals surface area contributed by atoms with Crippen molar-refractivity contribution in [2.45, 2.75) is 135 Å². The van der Waals surface area contributed by atoms with Crippen molar-refractivity contribution in [2.24, 2.45) is 50.2 Å². The normalized spacial score (nSPS) is 52.9. The first kappa shape index (κ1) is 36.2. The zero-order valence-electron chi connectivity index (χ0n) is 28.8. The highest BCUT2D eigenvalue weighted by Gasteiger charge is 2.73. The summed E-state index contributed by atoms with van der Waals surface area (Å²) in [6.45, 7) is 9.33. The van der Waals surface area contributed by atoms with Gasteiger partial charge in [-0.1, -0.05) is 39.3 Å². The SMILES string of the molecule is CC1(C)CC[C@]2(C(=O)O)CC[C@]3(CO)C(=CC[C@@H]4[C@@]5(C)C[C@H](O)[C@H](O[C@H]6O[C@@H](CO)[C@H](O)[C@@H](O)[C@@H]6O)[C@@](C)(C(=O)O)[C@@H]5CC[C@]43C)[C@@H]2C1.